The average Bonchev–Trinajstić information content (AvgIpc) is 2.94. The van der Waals surface area contributed by atoms with Gasteiger partial charge in [-0.05, 0) is 51.1 Å². The molecular formula is C29H66N2O12S2. The smallest absolute Gasteiger partial charge is 0.0900 e. The van der Waals surface area contributed by atoms with Crippen molar-refractivity contribution in [3.63, 3.8) is 0 Å². The molecule has 0 saturated heterocycles. The lowest BCUT2D eigenvalue weighted by Gasteiger charge is -2.27. The highest BCUT2D eigenvalue weighted by molar-refractivity contribution is 8.19. The van der Waals surface area contributed by atoms with Gasteiger partial charge in [-0.15, -0.1) is 0 Å². The molecule has 10 N–H and O–H groups in total. The summed E-state index contributed by atoms with van der Waals surface area (Å²) in [5.74, 6) is 0.171. The van der Waals surface area contributed by atoms with E-state index in [2.05, 4.69) is 19.2 Å². The Hall–Kier alpha value is 0.140. The van der Waals surface area contributed by atoms with E-state index in [4.69, 9.17) is 41.5 Å². The summed E-state index contributed by atoms with van der Waals surface area (Å²) in [5.41, 5.74) is 0. The van der Waals surface area contributed by atoms with Crippen molar-refractivity contribution in [2.75, 3.05) is 83.9 Å². The van der Waals surface area contributed by atoms with Crippen LogP contribution in [0.25, 0.3) is 0 Å². The molecule has 4 atom stereocenters. The largest absolute Gasteiger partial charge is 0.389 e. The summed E-state index contributed by atoms with van der Waals surface area (Å²) in [7, 11) is -7.04. The second kappa shape index (κ2) is 28.0. The highest BCUT2D eigenvalue weighted by Crippen LogP contribution is 2.33. The second-order valence-corrected chi connectivity index (χ2v) is 15.2. The Kier molecular flexibility index (Phi) is 28.1. The number of hydrogen-bond donors (Lipinski definition) is 10. The molecule has 0 aliphatic heterocycles. The lowest BCUT2D eigenvalue weighted by molar-refractivity contribution is -0.0162. The summed E-state index contributed by atoms with van der Waals surface area (Å²) in [5, 5.41) is 34.3. The van der Waals surface area contributed by atoms with Crippen LogP contribution < -0.4 is 5.32 Å². The van der Waals surface area contributed by atoms with Crippen molar-refractivity contribution in [3.05, 3.63) is 0 Å². The molecule has 0 fully saturated rings. The Morgan fingerprint density at radius 3 is 1.69 bits per heavy atom. The molecule has 0 aromatic rings. The van der Waals surface area contributed by atoms with Crippen LogP contribution in [0, 0.1) is 5.92 Å². The van der Waals surface area contributed by atoms with E-state index < -0.39 is 40.1 Å². The van der Waals surface area contributed by atoms with Crippen LogP contribution >= 0.6 is 21.7 Å². The molecule has 276 valence electrons. The Bertz CT molecular complexity index is 662. The van der Waals surface area contributed by atoms with Gasteiger partial charge in [-0.25, -0.2) is 0 Å². The van der Waals surface area contributed by atoms with Crippen LogP contribution in [0.15, 0.2) is 0 Å². The number of ether oxygens (including phenoxy) is 3. The van der Waals surface area contributed by atoms with E-state index in [9.17, 15) is 15.3 Å². The average molecular weight is 699 g/mol. The quantitative estimate of drug-likeness (QED) is 0.0437. The van der Waals surface area contributed by atoms with Gasteiger partial charge in [0.2, 0.25) is 0 Å². The van der Waals surface area contributed by atoms with Gasteiger partial charge in [0, 0.05) is 51.0 Å². The molecule has 0 spiro atoms. The number of unbranched alkanes of at least 4 members (excludes halogenated alkanes) is 4. The third kappa shape index (κ3) is 32.5. The fourth-order valence-electron chi connectivity index (χ4n) is 4.64. The van der Waals surface area contributed by atoms with E-state index in [1.807, 2.05) is 4.90 Å². The fourth-order valence-corrected chi connectivity index (χ4v) is 5.65. The highest BCUT2D eigenvalue weighted by Gasteiger charge is 2.18. The number of aliphatic hydroxyl groups excluding tert-OH is 3. The molecule has 0 rings (SSSR count). The summed E-state index contributed by atoms with van der Waals surface area (Å²) in [6, 6.07) is 0. The maximum atomic E-state index is 10.7. The predicted octanol–water partition coefficient (Wildman–Crippen LogP) is 4.01. The molecule has 0 aromatic carbocycles. The maximum Gasteiger partial charge on any atom is 0.0900 e. The predicted molar refractivity (Wildman–Crippen MR) is 181 cm³/mol. The monoisotopic (exact) mass is 698 g/mol. The molecule has 0 amide bonds. The molecule has 0 saturated carbocycles. The molecule has 4 unspecified atom stereocenters. The summed E-state index contributed by atoms with van der Waals surface area (Å²) in [4.78, 5) is 2.01. The molecule has 0 radical (unpaired) electrons. The van der Waals surface area contributed by atoms with E-state index >= 15 is 0 Å². The SMILES string of the molecule is CCCCC(CC)COCC(O)CN(CCCCCCNCC(O)COCCCS(O)(O)O)CC(O)COCCCS(O)(O)O. The van der Waals surface area contributed by atoms with Gasteiger partial charge in [-0.1, -0.05) is 46.0 Å². The Balaban J connectivity index is 4.37. The first-order valence-electron chi connectivity index (χ1n) is 16.4. The highest BCUT2D eigenvalue weighted by atomic mass is 32.3. The number of rotatable bonds is 33. The van der Waals surface area contributed by atoms with Crippen molar-refractivity contribution in [1.29, 1.82) is 0 Å². The van der Waals surface area contributed by atoms with Crippen LogP contribution in [0.1, 0.15) is 78.1 Å². The minimum Gasteiger partial charge on any atom is -0.389 e. The zero-order valence-corrected chi connectivity index (χ0v) is 29.2. The molecule has 14 nitrogen and oxygen atoms in total. The maximum absolute atomic E-state index is 10.7. The van der Waals surface area contributed by atoms with Crippen molar-refractivity contribution in [1.82, 2.24) is 10.2 Å². The first kappa shape index (κ1) is 45.1. The van der Waals surface area contributed by atoms with Crippen LogP contribution in [-0.4, -0.2) is 150 Å². The number of aliphatic hydroxyl groups is 3. The van der Waals surface area contributed by atoms with E-state index in [-0.39, 0.29) is 57.4 Å². The lowest BCUT2D eigenvalue weighted by atomic mass is 10.0. The minimum absolute atomic E-state index is 0.0570. The molecule has 16 heteroatoms. The van der Waals surface area contributed by atoms with Gasteiger partial charge >= 0.3 is 0 Å². The van der Waals surface area contributed by atoms with Gasteiger partial charge in [-0.2, -0.15) is 0 Å². The lowest BCUT2D eigenvalue weighted by Crippen LogP contribution is -2.41. The number of nitrogens with one attached hydrogen (secondary N) is 1. The van der Waals surface area contributed by atoms with Gasteiger partial charge in [-0.3, -0.25) is 4.90 Å². The van der Waals surface area contributed by atoms with E-state index in [1.165, 1.54) is 6.42 Å². The number of nitrogens with zero attached hydrogens (tertiary/aromatic N) is 1. The van der Waals surface area contributed by atoms with Crippen molar-refractivity contribution in [2.24, 2.45) is 5.92 Å². The second-order valence-electron chi connectivity index (χ2n) is 11.8. The summed E-state index contributed by atoms with van der Waals surface area (Å²) in [6.07, 6.45) is 6.58. The Morgan fingerprint density at radius 1 is 0.622 bits per heavy atom. The van der Waals surface area contributed by atoms with Crippen LogP contribution in [0.4, 0.5) is 0 Å². The third-order valence-electron chi connectivity index (χ3n) is 7.14. The van der Waals surface area contributed by atoms with Crippen molar-refractivity contribution < 1.29 is 56.8 Å². The summed E-state index contributed by atoms with van der Waals surface area (Å²) < 4.78 is 70.4. The Morgan fingerprint density at radius 2 is 1.16 bits per heavy atom. The summed E-state index contributed by atoms with van der Waals surface area (Å²) >= 11 is 0. The molecule has 0 bridgehead atoms. The van der Waals surface area contributed by atoms with Crippen LogP contribution in [0.3, 0.4) is 0 Å². The molecule has 0 aromatic heterocycles. The van der Waals surface area contributed by atoms with Crippen molar-refractivity contribution in [3.8, 4) is 0 Å². The molecular weight excluding hydrogens is 632 g/mol. The van der Waals surface area contributed by atoms with Crippen LogP contribution in [-0.2, 0) is 14.2 Å². The van der Waals surface area contributed by atoms with Gasteiger partial charge < -0.3 is 62.2 Å². The number of hydrogen-bond acceptors (Lipinski definition) is 14. The van der Waals surface area contributed by atoms with Crippen molar-refractivity contribution in [2.45, 2.75) is 96.4 Å². The van der Waals surface area contributed by atoms with Crippen LogP contribution in [0.5, 0.6) is 0 Å². The van der Waals surface area contributed by atoms with E-state index in [0.29, 0.717) is 38.7 Å². The Labute approximate surface area is 274 Å². The first-order chi connectivity index (χ1) is 21.3. The van der Waals surface area contributed by atoms with E-state index in [0.717, 1.165) is 51.5 Å². The van der Waals surface area contributed by atoms with Crippen LogP contribution in [0.2, 0.25) is 0 Å². The fraction of sp³-hybridized carbons (Fsp3) is 1.00. The zero-order valence-electron chi connectivity index (χ0n) is 27.6. The van der Waals surface area contributed by atoms with Gasteiger partial charge in [0.25, 0.3) is 0 Å². The topological polar surface area (TPSA) is 225 Å². The normalized spacial score (nSPS) is 16.2. The standard InChI is InChI=1S/C29H66N2O12S2/c1-3-5-12-26(4-2)22-43-25-29(34)21-31(20-28(33)24-42-16-11-18-45(38,39)40)14-9-7-6-8-13-30-19-27(32)23-41-15-10-17-44(35,36)37/h26-30,32-40H,3-25H2,1-2H3. The minimum atomic E-state index is -3.54. The van der Waals surface area contributed by atoms with Gasteiger partial charge in [0.15, 0.2) is 0 Å². The molecule has 0 aliphatic rings. The summed E-state index contributed by atoms with van der Waals surface area (Å²) in [6.45, 7) is 8.23. The molecule has 45 heavy (non-hydrogen) atoms. The van der Waals surface area contributed by atoms with Gasteiger partial charge in [0.05, 0.1) is 59.9 Å². The van der Waals surface area contributed by atoms with Crippen molar-refractivity contribution >= 4 is 21.7 Å². The zero-order chi connectivity index (χ0) is 34.0. The van der Waals surface area contributed by atoms with Gasteiger partial charge in [0.1, 0.15) is 0 Å². The third-order valence-corrected chi connectivity index (χ3v) is 8.81. The molecule has 0 aliphatic carbocycles. The first-order valence-corrected chi connectivity index (χ1v) is 19.8. The molecule has 0 heterocycles. The van der Waals surface area contributed by atoms with E-state index in [1.54, 1.807) is 0 Å².